The van der Waals surface area contributed by atoms with Crippen molar-refractivity contribution in [2.24, 2.45) is 0 Å². The molecule has 3 aliphatic carbocycles. The fourth-order valence-electron chi connectivity index (χ4n) is 7.20. The van der Waals surface area contributed by atoms with E-state index in [1.54, 1.807) is 24.3 Å². The van der Waals surface area contributed by atoms with E-state index in [0.717, 1.165) is 61.2 Å². The van der Waals surface area contributed by atoms with E-state index in [9.17, 15) is 29.1 Å². The van der Waals surface area contributed by atoms with Gasteiger partial charge in [-0.25, -0.2) is 0 Å². The summed E-state index contributed by atoms with van der Waals surface area (Å²) in [4.78, 5) is 57.8. The highest BCUT2D eigenvalue weighted by atomic mass is 35.6. The third kappa shape index (κ3) is 11.2. The Morgan fingerprint density at radius 3 is 1.39 bits per heavy atom. The number of carbonyl (C=O) groups is 5. The molecule has 0 bridgehead atoms. The van der Waals surface area contributed by atoms with E-state index >= 15 is 0 Å². The van der Waals surface area contributed by atoms with Gasteiger partial charge in [-0.2, -0.15) is 0 Å². The molecule has 9 rings (SSSR count). The molecule has 1 atom stereocenters. The van der Waals surface area contributed by atoms with Gasteiger partial charge in [0.1, 0.15) is 6.10 Å². The van der Waals surface area contributed by atoms with Gasteiger partial charge in [-0.3, -0.25) is 24.0 Å². The first-order valence-corrected chi connectivity index (χ1v) is 22.4. The second-order valence-corrected chi connectivity index (χ2v) is 21.3. The van der Waals surface area contributed by atoms with Crippen LogP contribution >= 0.6 is 104 Å². The first-order chi connectivity index (χ1) is 30.0. The Bertz CT molecular complexity index is 2840. The van der Waals surface area contributed by atoms with Gasteiger partial charge < -0.3 is 10.8 Å². The predicted molar refractivity (Wildman–Crippen MR) is 260 cm³/mol. The molecule has 16 heteroatoms. The van der Waals surface area contributed by atoms with E-state index in [0.29, 0.717) is 22.4 Å². The number of aliphatic hydroxyl groups excluding tert-OH is 1. The largest absolute Gasteiger partial charge is 0.399 e. The van der Waals surface area contributed by atoms with Crippen molar-refractivity contribution in [3.8, 4) is 33.4 Å². The zero-order valence-electron chi connectivity index (χ0n) is 33.1. The molecule has 3 aliphatic rings. The molecule has 0 saturated heterocycles. The number of rotatable bonds is 5. The van der Waals surface area contributed by atoms with Gasteiger partial charge in [0.25, 0.3) is 9.03 Å². The van der Waals surface area contributed by atoms with E-state index in [4.69, 9.17) is 110 Å². The van der Waals surface area contributed by atoms with Crippen LogP contribution in [0.25, 0.3) is 33.4 Å². The maximum atomic E-state index is 12.4. The monoisotopic (exact) mass is 1030 g/mol. The second kappa shape index (κ2) is 19.9. The zero-order chi connectivity index (χ0) is 46.9. The summed E-state index contributed by atoms with van der Waals surface area (Å²) in [6.45, 7) is 1.47. The number of nitrogens with two attached hydrogens (primary N) is 1. The van der Waals surface area contributed by atoms with Crippen molar-refractivity contribution in [3.63, 3.8) is 0 Å². The number of halogens is 9. The van der Waals surface area contributed by atoms with Crippen molar-refractivity contribution >= 4 is 138 Å². The summed E-state index contributed by atoms with van der Waals surface area (Å²) in [7, 11) is 0. The average Bonchev–Trinajstić information content (AvgIpc) is 3.80. The highest BCUT2D eigenvalue weighted by Gasteiger charge is 2.33. The van der Waals surface area contributed by atoms with E-state index in [1.807, 2.05) is 103 Å². The van der Waals surface area contributed by atoms with Gasteiger partial charge in [0.05, 0.1) is 0 Å². The lowest BCUT2D eigenvalue weighted by atomic mass is 9.99. The second-order valence-electron chi connectivity index (χ2n) is 14.7. The number of fused-ring (bicyclic) bond motifs is 9. The van der Waals surface area contributed by atoms with Crippen LogP contribution in [0.15, 0.2) is 127 Å². The molecule has 0 aromatic heterocycles. The van der Waals surface area contributed by atoms with Crippen molar-refractivity contribution in [1.82, 2.24) is 0 Å². The van der Waals surface area contributed by atoms with Crippen LogP contribution in [0.3, 0.4) is 0 Å². The van der Waals surface area contributed by atoms with Crippen LogP contribution in [-0.2, 0) is 27.2 Å². The Balaban J connectivity index is 0.000000150. The van der Waals surface area contributed by atoms with E-state index in [1.165, 1.54) is 6.92 Å². The van der Waals surface area contributed by atoms with Gasteiger partial charge in [-0.15, -0.1) is 0 Å². The molecule has 0 spiro atoms. The zero-order valence-corrected chi connectivity index (χ0v) is 39.9. The third-order valence-electron chi connectivity index (χ3n) is 10.3. The molecule has 0 radical (unpaired) electrons. The molecule has 0 aliphatic heterocycles. The topological polar surface area (TPSA) is 132 Å². The fraction of sp³-hybridized carbons (Fsp3) is 0.146. The smallest absolute Gasteiger partial charge is 0.273 e. The number of hydrogen-bond acceptors (Lipinski definition) is 7. The minimum Gasteiger partial charge on any atom is -0.399 e. The summed E-state index contributed by atoms with van der Waals surface area (Å²) < 4.78 is -5.28. The SMILES string of the molecule is CC(Cl)(Cl)C(=O)Cc1ccc2c(c1)C(O)c1ccccc1-2.Nc1ccc2c(c1)C(=O)c1ccccc1-2.O=C(Cl)C(Cl)(Cl)Cl.O=C1c2ccccc2-c2ccc(CC(=O)C(Cl)(Cl)Cl)cc21. The Morgan fingerprint density at radius 2 is 0.891 bits per heavy atom. The number of benzene rings is 6. The molecule has 6 aromatic carbocycles. The molecule has 0 heterocycles. The highest BCUT2D eigenvalue weighted by molar-refractivity contribution is 6.88. The molecule has 0 amide bonds. The van der Waals surface area contributed by atoms with Crippen LogP contribution in [0.2, 0.25) is 0 Å². The van der Waals surface area contributed by atoms with Gasteiger partial charge in [0, 0.05) is 40.8 Å². The van der Waals surface area contributed by atoms with Gasteiger partial charge in [0.15, 0.2) is 27.5 Å². The summed E-state index contributed by atoms with van der Waals surface area (Å²) in [6, 6.07) is 39.3. The highest BCUT2D eigenvalue weighted by Crippen LogP contribution is 2.44. The molecule has 7 nitrogen and oxygen atoms in total. The standard InChI is InChI=1S/C17H14Cl2O2.C16H9Cl3O2.C13H9NO.C2Cl4O/c1-17(18,19)15(20)9-10-6-7-12-11-4-2-3-5-13(11)16(21)14(12)8-10;17-16(18,19)14(20)8-9-5-6-11-10-3-1-2-4-12(10)15(21)13(11)7-9;14-8-5-6-10-9-3-1-2-4-11(9)13(15)12(10)7-8;3-1(7)2(4,5)6/h2-8,16,21H,9H2,1H3;1-7H,8H2;1-7H,14H2;. The molecule has 328 valence electrons. The molecule has 6 aromatic rings. The molecule has 1 unspecified atom stereocenters. The lowest BCUT2D eigenvalue weighted by molar-refractivity contribution is -0.119. The van der Waals surface area contributed by atoms with Crippen molar-refractivity contribution in [2.45, 2.75) is 37.8 Å². The van der Waals surface area contributed by atoms with E-state index in [2.05, 4.69) is 0 Å². The summed E-state index contributed by atoms with van der Waals surface area (Å²) in [5, 5.41) is 9.43. The Labute approximate surface area is 413 Å². The van der Waals surface area contributed by atoms with Gasteiger partial charge in [-0.1, -0.05) is 202 Å². The maximum Gasteiger partial charge on any atom is 0.273 e. The van der Waals surface area contributed by atoms with Crippen LogP contribution < -0.4 is 5.73 Å². The van der Waals surface area contributed by atoms with Gasteiger partial charge in [0.2, 0.25) is 3.79 Å². The summed E-state index contributed by atoms with van der Waals surface area (Å²) in [6.07, 6.45) is -0.516. The van der Waals surface area contributed by atoms with Crippen molar-refractivity contribution < 1.29 is 29.1 Å². The normalized spacial score (nSPS) is 13.8. The van der Waals surface area contributed by atoms with Crippen LogP contribution in [0.1, 0.15) is 67.1 Å². The summed E-state index contributed by atoms with van der Waals surface area (Å²) >= 11 is 47.8. The Kier molecular flexibility index (Phi) is 15.4. The number of ketones is 4. The van der Waals surface area contributed by atoms with E-state index < -0.39 is 29.0 Å². The Hall–Kier alpha value is -3.96. The molecular weight excluding hydrogens is 1010 g/mol. The lowest BCUT2D eigenvalue weighted by Gasteiger charge is -2.13. The van der Waals surface area contributed by atoms with Crippen molar-refractivity contribution in [1.29, 1.82) is 0 Å². The van der Waals surface area contributed by atoms with E-state index in [-0.39, 0.29) is 30.2 Å². The molecule has 0 saturated carbocycles. The number of carbonyl (C=O) groups excluding carboxylic acids is 5. The number of alkyl halides is 8. The number of nitrogen functional groups attached to an aromatic ring is 1. The van der Waals surface area contributed by atoms with Crippen molar-refractivity contribution in [3.05, 3.63) is 172 Å². The molecule has 3 N–H and O–H groups in total. The first-order valence-electron chi connectivity index (χ1n) is 19.0. The lowest BCUT2D eigenvalue weighted by Crippen LogP contribution is -2.23. The fourth-order valence-corrected chi connectivity index (χ4v) is 7.53. The number of anilines is 1. The third-order valence-corrected chi connectivity index (χ3v) is 12.4. The summed E-state index contributed by atoms with van der Waals surface area (Å²) in [5.74, 6) is -0.733. The summed E-state index contributed by atoms with van der Waals surface area (Å²) in [5.41, 5.74) is 18.1. The maximum absolute atomic E-state index is 12.4. The van der Waals surface area contributed by atoms with Gasteiger partial charge >= 0.3 is 0 Å². The van der Waals surface area contributed by atoms with Crippen LogP contribution in [0.4, 0.5) is 5.69 Å². The molecule has 64 heavy (non-hydrogen) atoms. The quantitative estimate of drug-likeness (QED) is 0.0997. The van der Waals surface area contributed by atoms with Crippen LogP contribution in [0, 0.1) is 0 Å². The first kappa shape index (κ1) is 49.5. The van der Waals surface area contributed by atoms with Crippen molar-refractivity contribution in [2.75, 3.05) is 5.73 Å². The Morgan fingerprint density at radius 1 is 0.500 bits per heavy atom. The minimum absolute atomic E-state index is 0.0204. The molecular formula is C48H32Cl9NO6. The predicted octanol–water partition coefficient (Wildman–Crippen LogP) is 13.0. The average molecular weight is 1040 g/mol. The number of aliphatic hydroxyl groups is 1. The minimum atomic E-state index is -1.96. The number of hydrogen-bond donors (Lipinski definition) is 2. The van der Waals surface area contributed by atoms with Crippen LogP contribution in [0.5, 0.6) is 0 Å². The number of Topliss-reactive ketones (excluding diaryl/α,β-unsaturated/α-hetero) is 2. The van der Waals surface area contributed by atoms with Crippen LogP contribution in [-0.4, -0.2) is 45.4 Å². The van der Waals surface area contributed by atoms with Gasteiger partial charge in [-0.05, 0) is 92.4 Å². The molecule has 0 fully saturated rings.